The van der Waals surface area contributed by atoms with E-state index in [1.54, 1.807) is 0 Å². The summed E-state index contributed by atoms with van der Waals surface area (Å²) in [5.41, 5.74) is 13.0. The van der Waals surface area contributed by atoms with Gasteiger partial charge >= 0.3 is 0 Å². The standard InChI is InChI=1S/C58H39N/c1-2-11-40(12-3-1)43-27-33-49(34-28-43)59(51-37-31-45(32-38-51)48-26-23-41-13-4-5-14-47(41)39-48)50-35-29-44(30-36-50)42-21-24-46(25-22-42)52-19-10-20-57-55-16-7-6-15-53(55)54-17-8-9-18-56(54)58(52)57/h1-39H. The molecule has 276 valence electrons. The molecular formula is C58H39N. The quantitative estimate of drug-likeness (QED) is 0.147. The zero-order chi connectivity index (χ0) is 39.1. The third-order valence-corrected chi connectivity index (χ3v) is 11.9. The highest BCUT2D eigenvalue weighted by Gasteiger charge is 2.16. The molecule has 0 N–H and O–H groups in total. The van der Waals surface area contributed by atoms with Crippen LogP contribution in [0.25, 0.3) is 87.6 Å². The molecule has 0 radical (unpaired) electrons. The van der Waals surface area contributed by atoms with Crippen LogP contribution < -0.4 is 4.90 Å². The van der Waals surface area contributed by atoms with Gasteiger partial charge in [0.05, 0.1) is 0 Å². The molecule has 0 aromatic heterocycles. The van der Waals surface area contributed by atoms with E-state index in [0.717, 1.165) is 17.1 Å². The van der Waals surface area contributed by atoms with Crippen molar-refractivity contribution in [3.8, 4) is 44.5 Å². The van der Waals surface area contributed by atoms with E-state index in [2.05, 4.69) is 241 Å². The van der Waals surface area contributed by atoms with Crippen LogP contribution >= 0.6 is 0 Å². The maximum absolute atomic E-state index is 2.35. The summed E-state index contributed by atoms with van der Waals surface area (Å²) in [5.74, 6) is 0. The van der Waals surface area contributed by atoms with Crippen molar-refractivity contribution in [3.63, 3.8) is 0 Å². The fourth-order valence-electron chi connectivity index (χ4n) is 8.89. The van der Waals surface area contributed by atoms with Crippen LogP contribution in [0.1, 0.15) is 0 Å². The molecule has 11 aromatic rings. The van der Waals surface area contributed by atoms with Crippen LogP contribution in [0.4, 0.5) is 17.1 Å². The molecule has 0 saturated heterocycles. The van der Waals surface area contributed by atoms with E-state index in [0.29, 0.717) is 0 Å². The second kappa shape index (κ2) is 14.6. The Morgan fingerprint density at radius 1 is 0.220 bits per heavy atom. The van der Waals surface area contributed by atoms with Gasteiger partial charge in [0.25, 0.3) is 0 Å². The van der Waals surface area contributed by atoms with E-state index in [9.17, 15) is 0 Å². The smallest absolute Gasteiger partial charge is 0.0462 e. The predicted octanol–water partition coefficient (Wildman–Crippen LogP) is 16.4. The number of hydrogen-bond donors (Lipinski definition) is 0. The fraction of sp³-hybridized carbons (Fsp3) is 0. The minimum Gasteiger partial charge on any atom is -0.311 e. The molecule has 0 bridgehead atoms. The van der Waals surface area contributed by atoms with E-state index in [1.165, 1.54) is 87.6 Å². The third kappa shape index (κ3) is 6.30. The van der Waals surface area contributed by atoms with Crippen LogP contribution in [-0.4, -0.2) is 0 Å². The van der Waals surface area contributed by atoms with Crippen LogP contribution in [-0.2, 0) is 0 Å². The average molecular weight is 750 g/mol. The van der Waals surface area contributed by atoms with Crippen LogP contribution in [0.2, 0.25) is 0 Å². The lowest BCUT2D eigenvalue weighted by atomic mass is 9.89. The Labute approximate surface area is 344 Å². The second-order valence-corrected chi connectivity index (χ2v) is 15.3. The molecule has 0 unspecified atom stereocenters. The van der Waals surface area contributed by atoms with E-state index in [4.69, 9.17) is 0 Å². The van der Waals surface area contributed by atoms with Crippen LogP contribution in [0, 0.1) is 0 Å². The van der Waals surface area contributed by atoms with E-state index < -0.39 is 0 Å². The van der Waals surface area contributed by atoms with Gasteiger partial charge in [-0.05, 0) is 130 Å². The molecule has 11 aromatic carbocycles. The maximum atomic E-state index is 2.35. The molecule has 0 amide bonds. The fourth-order valence-corrected chi connectivity index (χ4v) is 8.89. The van der Waals surface area contributed by atoms with Crippen LogP contribution in [0.3, 0.4) is 0 Å². The van der Waals surface area contributed by atoms with Gasteiger partial charge in [0.2, 0.25) is 0 Å². The number of nitrogens with zero attached hydrogens (tertiary/aromatic N) is 1. The monoisotopic (exact) mass is 749 g/mol. The molecule has 0 spiro atoms. The van der Waals surface area contributed by atoms with Gasteiger partial charge in [-0.15, -0.1) is 0 Å². The van der Waals surface area contributed by atoms with Gasteiger partial charge < -0.3 is 4.90 Å². The third-order valence-electron chi connectivity index (χ3n) is 11.9. The molecule has 0 aliphatic rings. The normalized spacial score (nSPS) is 11.4. The average Bonchev–Trinajstić information content (AvgIpc) is 3.32. The summed E-state index contributed by atoms with van der Waals surface area (Å²) >= 11 is 0. The molecule has 0 fully saturated rings. The summed E-state index contributed by atoms with van der Waals surface area (Å²) in [7, 11) is 0. The predicted molar refractivity (Wildman–Crippen MR) is 253 cm³/mol. The van der Waals surface area contributed by atoms with Gasteiger partial charge in [0, 0.05) is 17.1 Å². The number of fused-ring (bicyclic) bond motifs is 7. The largest absolute Gasteiger partial charge is 0.311 e. The maximum Gasteiger partial charge on any atom is 0.0462 e. The lowest BCUT2D eigenvalue weighted by Crippen LogP contribution is -2.09. The molecule has 0 aliphatic carbocycles. The Kier molecular flexibility index (Phi) is 8.56. The van der Waals surface area contributed by atoms with Gasteiger partial charge in [-0.1, -0.05) is 194 Å². The van der Waals surface area contributed by atoms with Crippen molar-refractivity contribution in [2.24, 2.45) is 0 Å². The summed E-state index contributed by atoms with van der Waals surface area (Å²) in [4.78, 5) is 2.35. The molecular weight excluding hydrogens is 711 g/mol. The first-order chi connectivity index (χ1) is 29.2. The Balaban J connectivity index is 0.938. The first-order valence-electron chi connectivity index (χ1n) is 20.3. The van der Waals surface area contributed by atoms with Gasteiger partial charge in [-0.2, -0.15) is 0 Å². The zero-order valence-corrected chi connectivity index (χ0v) is 32.5. The highest BCUT2D eigenvalue weighted by molar-refractivity contribution is 6.28. The van der Waals surface area contributed by atoms with Crippen molar-refractivity contribution < 1.29 is 0 Å². The summed E-state index contributed by atoms with van der Waals surface area (Å²) in [6.07, 6.45) is 0. The van der Waals surface area contributed by atoms with Crippen molar-refractivity contribution >= 4 is 60.2 Å². The van der Waals surface area contributed by atoms with E-state index in [-0.39, 0.29) is 0 Å². The summed E-state index contributed by atoms with van der Waals surface area (Å²) in [5, 5.41) is 10.3. The summed E-state index contributed by atoms with van der Waals surface area (Å²) < 4.78 is 0. The number of anilines is 3. The molecule has 11 rings (SSSR count). The SMILES string of the molecule is c1ccc(-c2ccc(N(c3ccc(-c4ccc(-c5cccc6c7ccccc7c7ccccc7c56)cc4)cc3)c3ccc(-c4ccc5ccccc5c4)cc3)cc2)cc1. The zero-order valence-electron chi connectivity index (χ0n) is 32.5. The molecule has 59 heavy (non-hydrogen) atoms. The van der Waals surface area contributed by atoms with E-state index >= 15 is 0 Å². The first kappa shape index (κ1) is 34.5. The lowest BCUT2D eigenvalue weighted by molar-refractivity contribution is 1.28. The van der Waals surface area contributed by atoms with Crippen molar-refractivity contribution in [1.29, 1.82) is 0 Å². The molecule has 0 atom stereocenters. The second-order valence-electron chi connectivity index (χ2n) is 15.3. The molecule has 0 aliphatic heterocycles. The molecule has 1 nitrogen and oxygen atoms in total. The number of hydrogen-bond acceptors (Lipinski definition) is 1. The Bertz CT molecular complexity index is 3230. The van der Waals surface area contributed by atoms with Gasteiger partial charge in [0.15, 0.2) is 0 Å². The summed E-state index contributed by atoms with van der Waals surface area (Å²) in [6.45, 7) is 0. The first-order valence-corrected chi connectivity index (χ1v) is 20.3. The molecule has 0 heterocycles. The minimum atomic E-state index is 1.10. The van der Waals surface area contributed by atoms with Gasteiger partial charge in [0.1, 0.15) is 0 Å². The van der Waals surface area contributed by atoms with Crippen molar-refractivity contribution in [1.82, 2.24) is 0 Å². The highest BCUT2D eigenvalue weighted by atomic mass is 15.1. The number of rotatable bonds is 7. The van der Waals surface area contributed by atoms with E-state index in [1.807, 2.05) is 0 Å². The van der Waals surface area contributed by atoms with Crippen molar-refractivity contribution in [3.05, 3.63) is 237 Å². The van der Waals surface area contributed by atoms with Crippen LogP contribution in [0.5, 0.6) is 0 Å². The number of benzene rings is 11. The summed E-state index contributed by atoms with van der Waals surface area (Å²) in [6, 6.07) is 86.1. The molecule has 0 saturated carbocycles. The van der Waals surface area contributed by atoms with Crippen molar-refractivity contribution in [2.45, 2.75) is 0 Å². The Hall–Kier alpha value is -7.74. The Morgan fingerprint density at radius 2 is 0.593 bits per heavy atom. The van der Waals surface area contributed by atoms with Crippen molar-refractivity contribution in [2.75, 3.05) is 4.90 Å². The van der Waals surface area contributed by atoms with Gasteiger partial charge in [-0.25, -0.2) is 0 Å². The minimum absolute atomic E-state index is 1.10. The Morgan fingerprint density at radius 3 is 1.15 bits per heavy atom. The highest BCUT2D eigenvalue weighted by Crippen LogP contribution is 2.41. The van der Waals surface area contributed by atoms with Crippen LogP contribution in [0.15, 0.2) is 237 Å². The lowest BCUT2D eigenvalue weighted by Gasteiger charge is -2.26. The van der Waals surface area contributed by atoms with Gasteiger partial charge in [-0.3, -0.25) is 0 Å². The topological polar surface area (TPSA) is 3.24 Å². The molecule has 1 heteroatoms.